The van der Waals surface area contributed by atoms with E-state index in [0.29, 0.717) is 5.75 Å². The van der Waals surface area contributed by atoms with E-state index in [0.717, 1.165) is 18.5 Å². The third kappa shape index (κ3) is 14.4. The number of hydrogen-bond donors (Lipinski definition) is 1. The lowest BCUT2D eigenvalue weighted by molar-refractivity contribution is 0.474. The summed E-state index contributed by atoms with van der Waals surface area (Å²) < 4.78 is 0. The van der Waals surface area contributed by atoms with Crippen LogP contribution in [0.4, 0.5) is 0 Å². The van der Waals surface area contributed by atoms with Crippen molar-refractivity contribution in [1.29, 1.82) is 0 Å². The first-order valence-electron chi connectivity index (χ1n) is 11.6. The van der Waals surface area contributed by atoms with Crippen LogP contribution in [0.2, 0.25) is 0 Å². The minimum atomic E-state index is 0.313. The molecule has 154 valence electrons. The van der Waals surface area contributed by atoms with Gasteiger partial charge >= 0.3 is 0 Å². The highest BCUT2D eigenvalue weighted by atomic mass is 16.3. The monoisotopic (exact) mass is 373 g/mol. The van der Waals surface area contributed by atoms with Crippen LogP contribution in [0.25, 0.3) is 0 Å². The van der Waals surface area contributed by atoms with Crippen molar-refractivity contribution in [2.45, 2.75) is 110 Å². The topological polar surface area (TPSA) is 32.6 Å². The van der Waals surface area contributed by atoms with Crippen molar-refractivity contribution in [3.05, 3.63) is 29.8 Å². The standard InChI is InChI=1S/C25H43NO/c1-2-3-4-5-6-7-8-9-10-11-12-13-14-15-16-19-22-26-23-24-20-17-18-21-25(24)27/h17-18,20-21,23,27H,2-16,19,22H2,1H3/b26-23+. The van der Waals surface area contributed by atoms with E-state index in [1.54, 1.807) is 12.3 Å². The highest BCUT2D eigenvalue weighted by Gasteiger charge is 1.96. The van der Waals surface area contributed by atoms with Gasteiger partial charge in [-0.05, 0) is 18.6 Å². The summed E-state index contributed by atoms with van der Waals surface area (Å²) in [6, 6.07) is 7.36. The molecule has 1 aromatic carbocycles. The van der Waals surface area contributed by atoms with Crippen LogP contribution in [0.1, 0.15) is 115 Å². The van der Waals surface area contributed by atoms with Gasteiger partial charge in [0.1, 0.15) is 5.75 Å². The fourth-order valence-corrected chi connectivity index (χ4v) is 3.51. The number of phenolic OH excluding ortho intramolecular Hbond substituents is 1. The Labute approximate surface area is 168 Å². The Morgan fingerprint density at radius 1 is 0.667 bits per heavy atom. The summed E-state index contributed by atoms with van der Waals surface area (Å²) in [5.74, 6) is 0.313. The summed E-state index contributed by atoms with van der Waals surface area (Å²) >= 11 is 0. The number of benzene rings is 1. The fraction of sp³-hybridized carbons (Fsp3) is 0.720. The van der Waals surface area contributed by atoms with Crippen LogP contribution in [0.5, 0.6) is 5.75 Å². The molecule has 0 aliphatic rings. The molecule has 0 radical (unpaired) electrons. The highest BCUT2D eigenvalue weighted by molar-refractivity contribution is 5.83. The Balaban J connectivity index is 1.77. The zero-order valence-electron chi connectivity index (χ0n) is 17.8. The number of aromatic hydroxyl groups is 1. The Hall–Kier alpha value is -1.31. The first-order chi connectivity index (χ1) is 13.3. The highest BCUT2D eigenvalue weighted by Crippen LogP contribution is 2.14. The third-order valence-corrected chi connectivity index (χ3v) is 5.31. The summed E-state index contributed by atoms with van der Waals surface area (Å²) in [6.07, 6.45) is 24.1. The molecule has 27 heavy (non-hydrogen) atoms. The van der Waals surface area contributed by atoms with Crippen LogP contribution >= 0.6 is 0 Å². The maximum Gasteiger partial charge on any atom is 0.124 e. The number of rotatable bonds is 18. The SMILES string of the molecule is CCCCCCCCCCCCCCCCCC/N=C/c1ccccc1O. The van der Waals surface area contributed by atoms with E-state index in [-0.39, 0.29) is 0 Å². The summed E-state index contributed by atoms with van der Waals surface area (Å²) in [5.41, 5.74) is 0.814. The van der Waals surface area contributed by atoms with E-state index < -0.39 is 0 Å². The fourth-order valence-electron chi connectivity index (χ4n) is 3.51. The average Bonchev–Trinajstić information content (AvgIpc) is 2.68. The zero-order chi connectivity index (χ0) is 19.4. The molecule has 0 bridgehead atoms. The maximum absolute atomic E-state index is 9.66. The number of phenols is 1. The molecule has 2 heteroatoms. The van der Waals surface area contributed by atoms with Gasteiger partial charge in [0.25, 0.3) is 0 Å². The predicted molar refractivity (Wildman–Crippen MR) is 120 cm³/mol. The van der Waals surface area contributed by atoms with E-state index in [9.17, 15) is 5.11 Å². The van der Waals surface area contributed by atoms with Gasteiger partial charge in [0.2, 0.25) is 0 Å². The number of unbranched alkanes of at least 4 members (excludes halogenated alkanes) is 15. The lowest BCUT2D eigenvalue weighted by atomic mass is 10.0. The second-order valence-electron chi connectivity index (χ2n) is 7.90. The average molecular weight is 374 g/mol. The van der Waals surface area contributed by atoms with E-state index in [2.05, 4.69) is 11.9 Å². The van der Waals surface area contributed by atoms with Crippen molar-refractivity contribution in [3.63, 3.8) is 0 Å². The zero-order valence-corrected chi connectivity index (χ0v) is 17.8. The van der Waals surface area contributed by atoms with Gasteiger partial charge in [-0.3, -0.25) is 4.99 Å². The number of aliphatic imine (C=N–C) groups is 1. The van der Waals surface area contributed by atoms with Crippen LogP contribution in [-0.4, -0.2) is 17.9 Å². The van der Waals surface area contributed by atoms with Crippen LogP contribution in [-0.2, 0) is 0 Å². The van der Waals surface area contributed by atoms with Crippen molar-refractivity contribution in [1.82, 2.24) is 0 Å². The molecule has 0 amide bonds. The van der Waals surface area contributed by atoms with Gasteiger partial charge in [-0.2, -0.15) is 0 Å². The van der Waals surface area contributed by atoms with Gasteiger partial charge in [-0.25, -0.2) is 0 Å². The molecule has 0 saturated carbocycles. The van der Waals surface area contributed by atoms with Gasteiger partial charge in [0.05, 0.1) is 0 Å². The Kier molecular flexibility index (Phi) is 15.9. The van der Waals surface area contributed by atoms with Gasteiger partial charge in [-0.15, -0.1) is 0 Å². The number of para-hydroxylation sites is 1. The molecule has 0 fully saturated rings. The van der Waals surface area contributed by atoms with Gasteiger partial charge in [-0.1, -0.05) is 115 Å². The lowest BCUT2D eigenvalue weighted by Gasteiger charge is -2.03. The Bertz CT molecular complexity index is 469. The minimum absolute atomic E-state index is 0.313. The molecule has 0 spiro atoms. The maximum atomic E-state index is 9.66. The lowest BCUT2D eigenvalue weighted by Crippen LogP contribution is -1.87. The van der Waals surface area contributed by atoms with E-state index in [1.807, 2.05) is 18.2 Å². The van der Waals surface area contributed by atoms with E-state index >= 15 is 0 Å². The summed E-state index contributed by atoms with van der Waals surface area (Å²) in [5, 5.41) is 9.66. The number of nitrogens with zero attached hydrogens (tertiary/aromatic N) is 1. The van der Waals surface area contributed by atoms with E-state index in [4.69, 9.17) is 0 Å². The van der Waals surface area contributed by atoms with Crippen LogP contribution < -0.4 is 0 Å². The third-order valence-electron chi connectivity index (χ3n) is 5.31. The first kappa shape index (κ1) is 23.7. The second-order valence-corrected chi connectivity index (χ2v) is 7.90. The minimum Gasteiger partial charge on any atom is -0.507 e. The molecule has 0 atom stereocenters. The largest absolute Gasteiger partial charge is 0.507 e. The summed E-state index contributed by atoms with van der Waals surface area (Å²) in [7, 11) is 0. The van der Waals surface area contributed by atoms with Gasteiger partial charge < -0.3 is 5.11 Å². The first-order valence-corrected chi connectivity index (χ1v) is 11.6. The molecule has 0 saturated heterocycles. The Morgan fingerprint density at radius 2 is 1.11 bits per heavy atom. The van der Waals surface area contributed by atoms with E-state index in [1.165, 1.54) is 96.3 Å². The van der Waals surface area contributed by atoms with Crippen molar-refractivity contribution in [3.8, 4) is 5.75 Å². The molecule has 0 unspecified atom stereocenters. The molecular weight excluding hydrogens is 330 g/mol. The Morgan fingerprint density at radius 3 is 1.59 bits per heavy atom. The van der Waals surface area contributed by atoms with Gasteiger partial charge in [0.15, 0.2) is 0 Å². The number of hydrogen-bond acceptors (Lipinski definition) is 2. The van der Waals surface area contributed by atoms with Crippen molar-refractivity contribution in [2.75, 3.05) is 6.54 Å². The van der Waals surface area contributed by atoms with Crippen molar-refractivity contribution < 1.29 is 5.11 Å². The molecule has 0 aliphatic heterocycles. The molecule has 0 heterocycles. The normalized spacial score (nSPS) is 11.4. The molecule has 1 N–H and O–H groups in total. The van der Waals surface area contributed by atoms with Crippen molar-refractivity contribution in [2.24, 2.45) is 4.99 Å². The summed E-state index contributed by atoms with van der Waals surface area (Å²) in [6.45, 7) is 3.15. The quantitative estimate of drug-likeness (QED) is 0.205. The van der Waals surface area contributed by atoms with Gasteiger partial charge in [0, 0.05) is 18.3 Å². The molecule has 0 aromatic heterocycles. The molecular formula is C25H43NO. The van der Waals surface area contributed by atoms with Crippen molar-refractivity contribution >= 4 is 6.21 Å². The molecule has 2 nitrogen and oxygen atoms in total. The van der Waals surface area contributed by atoms with Crippen LogP contribution in [0.15, 0.2) is 29.3 Å². The summed E-state index contributed by atoms with van der Waals surface area (Å²) in [4.78, 5) is 4.42. The smallest absolute Gasteiger partial charge is 0.124 e. The molecule has 1 aromatic rings. The predicted octanol–water partition coefficient (Wildman–Crippen LogP) is 8.07. The second kappa shape index (κ2) is 18.1. The van der Waals surface area contributed by atoms with Crippen LogP contribution in [0, 0.1) is 0 Å². The molecule has 1 rings (SSSR count). The van der Waals surface area contributed by atoms with Crippen LogP contribution in [0.3, 0.4) is 0 Å². The molecule has 0 aliphatic carbocycles.